The molecule has 1 saturated heterocycles. The van der Waals surface area contributed by atoms with Crippen LogP contribution in [0, 0.1) is 10.1 Å². The standard InChI is InChI=1S/C13H17N3O3/c1-9-8-15(10(2)7-14-9)13(17)11-3-5-12(6-4-11)16(18)19/h3-6,9-10,14H,7-8H2,1-2H3. The van der Waals surface area contributed by atoms with Gasteiger partial charge in [-0.2, -0.15) is 0 Å². The van der Waals surface area contributed by atoms with Gasteiger partial charge < -0.3 is 10.2 Å². The maximum absolute atomic E-state index is 12.4. The molecule has 2 rings (SSSR count). The van der Waals surface area contributed by atoms with Crippen molar-refractivity contribution in [2.75, 3.05) is 13.1 Å². The molecule has 1 aliphatic heterocycles. The molecule has 19 heavy (non-hydrogen) atoms. The van der Waals surface area contributed by atoms with Crippen molar-refractivity contribution in [3.8, 4) is 0 Å². The Kier molecular flexibility index (Phi) is 3.80. The first-order chi connectivity index (χ1) is 8.99. The van der Waals surface area contributed by atoms with Crippen LogP contribution < -0.4 is 5.32 Å². The number of nitrogens with zero attached hydrogens (tertiary/aromatic N) is 2. The molecule has 0 saturated carbocycles. The van der Waals surface area contributed by atoms with E-state index in [0.717, 1.165) is 6.54 Å². The molecule has 6 nitrogen and oxygen atoms in total. The monoisotopic (exact) mass is 263 g/mol. The summed E-state index contributed by atoms with van der Waals surface area (Å²) in [6.07, 6.45) is 0. The molecule has 1 amide bonds. The average molecular weight is 263 g/mol. The molecule has 6 heteroatoms. The van der Waals surface area contributed by atoms with Crippen LogP contribution in [0.4, 0.5) is 5.69 Å². The Morgan fingerprint density at radius 3 is 2.58 bits per heavy atom. The minimum atomic E-state index is -0.468. The number of nitro benzene ring substituents is 1. The summed E-state index contributed by atoms with van der Waals surface area (Å²) in [6, 6.07) is 6.14. The fourth-order valence-electron chi connectivity index (χ4n) is 2.20. The van der Waals surface area contributed by atoms with Crippen LogP contribution in [-0.2, 0) is 0 Å². The molecule has 1 aromatic carbocycles. The van der Waals surface area contributed by atoms with Gasteiger partial charge in [0.05, 0.1) is 4.92 Å². The number of carbonyl (C=O) groups is 1. The second kappa shape index (κ2) is 5.36. The lowest BCUT2D eigenvalue weighted by molar-refractivity contribution is -0.384. The van der Waals surface area contributed by atoms with Crippen molar-refractivity contribution in [3.05, 3.63) is 39.9 Å². The number of piperazine rings is 1. The highest BCUT2D eigenvalue weighted by molar-refractivity contribution is 5.94. The Bertz CT molecular complexity index is 486. The van der Waals surface area contributed by atoms with Crippen LogP contribution in [-0.4, -0.2) is 40.9 Å². The predicted octanol–water partition coefficient (Wildman–Crippen LogP) is 1.42. The summed E-state index contributed by atoms with van der Waals surface area (Å²) < 4.78 is 0. The highest BCUT2D eigenvalue weighted by Crippen LogP contribution is 2.16. The molecule has 1 N–H and O–H groups in total. The van der Waals surface area contributed by atoms with Crippen LogP contribution in [0.1, 0.15) is 24.2 Å². The number of benzene rings is 1. The van der Waals surface area contributed by atoms with Crippen LogP contribution in [0.5, 0.6) is 0 Å². The lowest BCUT2D eigenvalue weighted by Crippen LogP contribution is -2.56. The Morgan fingerprint density at radius 1 is 1.37 bits per heavy atom. The lowest BCUT2D eigenvalue weighted by atomic mass is 10.1. The highest BCUT2D eigenvalue weighted by atomic mass is 16.6. The molecule has 2 unspecified atom stereocenters. The van der Waals surface area contributed by atoms with Crippen LogP contribution in [0.2, 0.25) is 0 Å². The molecule has 1 aromatic rings. The summed E-state index contributed by atoms with van der Waals surface area (Å²) in [7, 11) is 0. The van der Waals surface area contributed by atoms with Crippen molar-refractivity contribution >= 4 is 11.6 Å². The van der Waals surface area contributed by atoms with E-state index in [9.17, 15) is 14.9 Å². The molecule has 1 heterocycles. The van der Waals surface area contributed by atoms with Gasteiger partial charge in [-0.15, -0.1) is 0 Å². The van der Waals surface area contributed by atoms with Crippen LogP contribution in [0.15, 0.2) is 24.3 Å². The van der Waals surface area contributed by atoms with Crippen molar-refractivity contribution in [1.82, 2.24) is 10.2 Å². The zero-order valence-corrected chi connectivity index (χ0v) is 11.0. The van der Waals surface area contributed by atoms with E-state index in [4.69, 9.17) is 0 Å². The summed E-state index contributed by atoms with van der Waals surface area (Å²) in [5.74, 6) is -0.0734. The third-order valence-corrected chi connectivity index (χ3v) is 3.35. The van der Waals surface area contributed by atoms with Gasteiger partial charge in [0.25, 0.3) is 11.6 Å². The van der Waals surface area contributed by atoms with Gasteiger partial charge in [0.15, 0.2) is 0 Å². The third-order valence-electron chi connectivity index (χ3n) is 3.35. The fraction of sp³-hybridized carbons (Fsp3) is 0.462. The molecule has 0 bridgehead atoms. The topological polar surface area (TPSA) is 75.5 Å². The maximum Gasteiger partial charge on any atom is 0.269 e. The van der Waals surface area contributed by atoms with Gasteiger partial charge in [-0.1, -0.05) is 0 Å². The van der Waals surface area contributed by atoms with Gasteiger partial charge in [-0.3, -0.25) is 14.9 Å². The summed E-state index contributed by atoms with van der Waals surface area (Å²) in [5, 5.41) is 13.9. The molecule has 0 radical (unpaired) electrons. The van der Waals surface area contributed by atoms with E-state index in [1.54, 1.807) is 0 Å². The van der Waals surface area contributed by atoms with Crippen LogP contribution in [0.25, 0.3) is 0 Å². The van der Waals surface area contributed by atoms with Crippen molar-refractivity contribution < 1.29 is 9.72 Å². The summed E-state index contributed by atoms with van der Waals surface area (Å²) in [5.41, 5.74) is 0.491. The number of non-ortho nitro benzene ring substituents is 1. The summed E-state index contributed by atoms with van der Waals surface area (Å²) >= 11 is 0. The van der Waals surface area contributed by atoms with Gasteiger partial charge >= 0.3 is 0 Å². The van der Waals surface area contributed by atoms with Gasteiger partial charge in [-0.05, 0) is 26.0 Å². The molecule has 1 fully saturated rings. The maximum atomic E-state index is 12.4. The molecule has 0 aromatic heterocycles. The Hall–Kier alpha value is -1.95. The van der Waals surface area contributed by atoms with E-state index in [2.05, 4.69) is 5.32 Å². The molecule has 0 aliphatic carbocycles. The van der Waals surface area contributed by atoms with Gasteiger partial charge in [-0.25, -0.2) is 0 Å². The zero-order chi connectivity index (χ0) is 14.0. The van der Waals surface area contributed by atoms with Crippen molar-refractivity contribution in [3.63, 3.8) is 0 Å². The third kappa shape index (κ3) is 2.90. The minimum absolute atomic E-state index is 0.00160. The largest absolute Gasteiger partial charge is 0.333 e. The van der Waals surface area contributed by atoms with E-state index < -0.39 is 4.92 Å². The first-order valence-electron chi connectivity index (χ1n) is 6.28. The van der Waals surface area contributed by atoms with Crippen molar-refractivity contribution in [2.45, 2.75) is 25.9 Å². The molecule has 1 aliphatic rings. The van der Waals surface area contributed by atoms with Crippen LogP contribution in [0.3, 0.4) is 0 Å². The minimum Gasteiger partial charge on any atom is -0.333 e. The van der Waals surface area contributed by atoms with E-state index in [1.807, 2.05) is 18.7 Å². The average Bonchev–Trinajstić information content (AvgIpc) is 2.41. The second-order valence-electron chi connectivity index (χ2n) is 4.92. The van der Waals surface area contributed by atoms with E-state index in [-0.39, 0.29) is 23.7 Å². The lowest BCUT2D eigenvalue weighted by Gasteiger charge is -2.37. The quantitative estimate of drug-likeness (QED) is 0.646. The normalized spacial score (nSPS) is 23.2. The molecule has 2 atom stereocenters. The van der Waals surface area contributed by atoms with E-state index >= 15 is 0 Å². The van der Waals surface area contributed by atoms with Gasteiger partial charge in [0.1, 0.15) is 0 Å². The van der Waals surface area contributed by atoms with Gasteiger partial charge in [0.2, 0.25) is 0 Å². The first-order valence-corrected chi connectivity index (χ1v) is 6.28. The smallest absolute Gasteiger partial charge is 0.269 e. The number of hydrogen-bond donors (Lipinski definition) is 1. The number of rotatable bonds is 2. The first kappa shape index (κ1) is 13.5. The number of hydrogen-bond acceptors (Lipinski definition) is 4. The van der Waals surface area contributed by atoms with Gasteiger partial charge in [0, 0.05) is 42.9 Å². The van der Waals surface area contributed by atoms with E-state index in [0.29, 0.717) is 12.1 Å². The second-order valence-corrected chi connectivity index (χ2v) is 4.92. The SMILES string of the molecule is CC1CN(C(=O)c2ccc([N+](=O)[O-])cc2)C(C)CN1. The Balaban J connectivity index is 2.16. The Labute approximate surface area is 111 Å². The number of amides is 1. The number of nitro groups is 1. The number of carbonyl (C=O) groups excluding carboxylic acids is 1. The summed E-state index contributed by atoms with van der Waals surface area (Å²) in [4.78, 5) is 24.3. The van der Waals surface area contributed by atoms with E-state index in [1.165, 1.54) is 24.3 Å². The fourth-order valence-corrected chi connectivity index (χ4v) is 2.20. The molecule has 102 valence electrons. The molecular weight excluding hydrogens is 246 g/mol. The molecular formula is C13H17N3O3. The van der Waals surface area contributed by atoms with Crippen LogP contribution >= 0.6 is 0 Å². The van der Waals surface area contributed by atoms with Crippen molar-refractivity contribution in [2.24, 2.45) is 0 Å². The zero-order valence-electron chi connectivity index (χ0n) is 11.0. The predicted molar refractivity (Wildman–Crippen MR) is 71.1 cm³/mol. The molecule has 0 spiro atoms. The highest BCUT2D eigenvalue weighted by Gasteiger charge is 2.27. The Morgan fingerprint density at radius 2 is 2.00 bits per heavy atom. The summed E-state index contributed by atoms with van der Waals surface area (Å²) in [6.45, 7) is 5.43. The number of nitrogens with one attached hydrogen (secondary N) is 1. The van der Waals surface area contributed by atoms with Crippen molar-refractivity contribution in [1.29, 1.82) is 0 Å².